The van der Waals surface area contributed by atoms with Crippen LogP contribution in [0.3, 0.4) is 0 Å². The first-order valence-electron chi connectivity index (χ1n) is 7.73. The molecule has 3 rings (SSSR count). The number of nitrogens with zero attached hydrogens (tertiary/aromatic N) is 2. The number of rotatable bonds is 4. The first-order valence-corrected chi connectivity index (χ1v) is 8.61. The van der Waals surface area contributed by atoms with Crippen LogP contribution < -0.4 is 5.32 Å². The standard InChI is InChI=1S/C18H21N3OS/c1-11(9-14-10-23-16-8-6-5-7-15(14)16)19-18(22)17-12(2)20-21(4)13(17)3/h5-8,10-11H,9H2,1-4H3,(H,19,22)/t11-/m1/s1. The van der Waals surface area contributed by atoms with Gasteiger partial charge in [-0.3, -0.25) is 9.48 Å². The summed E-state index contributed by atoms with van der Waals surface area (Å²) in [5.41, 5.74) is 3.65. The van der Waals surface area contributed by atoms with Crippen molar-refractivity contribution in [3.05, 3.63) is 52.2 Å². The van der Waals surface area contributed by atoms with Gasteiger partial charge in [-0.2, -0.15) is 5.10 Å². The Morgan fingerprint density at radius 2 is 2.09 bits per heavy atom. The first kappa shape index (κ1) is 15.7. The van der Waals surface area contributed by atoms with Gasteiger partial charge in [-0.15, -0.1) is 11.3 Å². The molecule has 0 aliphatic rings. The Bertz CT molecular complexity index is 862. The molecule has 23 heavy (non-hydrogen) atoms. The molecule has 0 saturated carbocycles. The largest absolute Gasteiger partial charge is 0.349 e. The number of carbonyl (C=O) groups is 1. The van der Waals surface area contributed by atoms with Gasteiger partial charge < -0.3 is 5.32 Å². The normalized spacial score (nSPS) is 12.5. The molecule has 4 nitrogen and oxygen atoms in total. The van der Waals surface area contributed by atoms with Gasteiger partial charge >= 0.3 is 0 Å². The van der Waals surface area contributed by atoms with Crippen molar-refractivity contribution < 1.29 is 4.79 Å². The minimum absolute atomic E-state index is 0.0415. The summed E-state index contributed by atoms with van der Waals surface area (Å²) in [5, 5.41) is 10.9. The van der Waals surface area contributed by atoms with Crippen molar-refractivity contribution >= 4 is 27.3 Å². The smallest absolute Gasteiger partial charge is 0.255 e. The molecule has 0 unspecified atom stereocenters. The summed E-state index contributed by atoms with van der Waals surface area (Å²) >= 11 is 1.75. The number of hydrogen-bond donors (Lipinski definition) is 1. The average Bonchev–Trinajstić information content (AvgIpc) is 3.01. The fourth-order valence-electron chi connectivity index (χ4n) is 2.97. The van der Waals surface area contributed by atoms with Crippen LogP contribution in [0.4, 0.5) is 0 Å². The first-order chi connectivity index (χ1) is 11.0. The average molecular weight is 327 g/mol. The van der Waals surface area contributed by atoms with Crippen LogP contribution in [0.1, 0.15) is 34.2 Å². The van der Waals surface area contributed by atoms with Crippen LogP contribution in [-0.2, 0) is 13.5 Å². The monoisotopic (exact) mass is 327 g/mol. The summed E-state index contributed by atoms with van der Waals surface area (Å²) in [6.07, 6.45) is 0.827. The topological polar surface area (TPSA) is 46.9 Å². The molecule has 1 atom stereocenters. The second kappa shape index (κ2) is 6.16. The van der Waals surface area contributed by atoms with Gasteiger partial charge in [0.2, 0.25) is 0 Å². The summed E-state index contributed by atoms with van der Waals surface area (Å²) in [7, 11) is 1.86. The highest BCUT2D eigenvalue weighted by Gasteiger charge is 2.19. The highest BCUT2D eigenvalue weighted by Crippen LogP contribution is 2.26. The van der Waals surface area contributed by atoms with Gasteiger partial charge in [0.25, 0.3) is 5.91 Å². The Labute approximate surface area is 140 Å². The van der Waals surface area contributed by atoms with Gasteiger partial charge in [-0.1, -0.05) is 18.2 Å². The summed E-state index contributed by atoms with van der Waals surface area (Å²) in [4.78, 5) is 12.5. The van der Waals surface area contributed by atoms with Gasteiger partial charge in [0.1, 0.15) is 0 Å². The number of benzene rings is 1. The molecule has 3 aromatic rings. The number of hydrogen-bond acceptors (Lipinski definition) is 3. The predicted octanol–water partition coefficient (Wildman–Crippen LogP) is 3.61. The molecule has 0 fully saturated rings. The van der Waals surface area contributed by atoms with Crippen molar-refractivity contribution in [2.45, 2.75) is 33.2 Å². The van der Waals surface area contributed by atoms with Crippen molar-refractivity contribution in [3.8, 4) is 0 Å². The van der Waals surface area contributed by atoms with E-state index in [0.717, 1.165) is 17.8 Å². The van der Waals surface area contributed by atoms with Crippen molar-refractivity contribution in [3.63, 3.8) is 0 Å². The van der Waals surface area contributed by atoms with Gasteiger partial charge in [-0.05, 0) is 49.6 Å². The number of aryl methyl sites for hydroxylation is 2. The number of amides is 1. The molecule has 120 valence electrons. The molecule has 0 radical (unpaired) electrons. The zero-order chi connectivity index (χ0) is 16.6. The lowest BCUT2D eigenvalue weighted by Crippen LogP contribution is -2.34. The molecule has 0 aliphatic heterocycles. The summed E-state index contributed by atoms with van der Waals surface area (Å²) in [6, 6.07) is 8.46. The van der Waals surface area contributed by atoms with Crippen LogP contribution in [0.15, 0.2) is 29.6 Å². The SMILES string of the molecule is Cc1nn(C)c(C)c1C(=O)N[C@H](C)Cc1csc2ccccc12. The second-order valence-electron chi connectivity index (χ2n) is 6.01. The zero-order valence-corrected chi connectivity index (χ0v) is 14.7. The van der Waals surface area contributed by atoms with Crippen LogP contribution in [0, 0.1) is 13.8 Å². The Hall–Kier alpha value is -2.14. The molecule has 2 aromatic heterocycles. The lowest BCUT2D eigenvalue weighted by Gasteiger charge is -2.14. The number of fused-ring (bicyclic) bond motifs is 1. The lowest BCUT2D eigenvalue weighted by atomic mass is 10.1. The molecule has 0 aliphatic carbocycles. The molecule has 0 saturated heterocycles. The van der Waals surface area contributed by atoms with Gasteiger partial charge in [0.15, 0.2) is 0 Å². The fourth-order valence-corrected chi connectivity index (χ4v) is 3.95. The molecule has 1 aromatic carbocycles. The maximum Gasteiger partial charge on any atom is 0.255 e. The minimum Gasteiger partial charge on any atom is -0.349 e. The molecule has 0 bridgehead atoms. The number of aromatic nitrogens is 2. The maximum absolute atomic E-state index is 12.5. The van der Waals surface area contributed by atoms with E-state index >= 15 is 0 Å². The van der Waals surface area contributed by atoms with Crippen LogP contribution >= 0.6 is 11.3 Å². The molecule has 5 heteroatoms. The van der Waals surface area contributed by atoms with E-state index in [9.17, 15) is 4.79 Å². The fraction of sp³-hybridized carbons (Fsp3) is 0.333. The molecular formula is C18H21N3OS. The second-order valence-corrected chi connectivity index (χ2v) is 6.92. The van der Waals surface area contributed by atoms with E-state index in [2.05, 4.69) is 40.1 Å². The van der Waals surface area contributed by atoms with Gasteiger partial charge in [-0.25, -0.2) is 0 Å². The van der Waals surface area contributed by atoms with E-state index in [1.807, 2.05) is 27.8 Å². The van der Waals surface area contributed by atoms with E-state index in [1.165, 1.54) is 15.6 Å². The Morgan fingerprint density at radius 1 is 1.35 bits per heavy atom. The third-order valence-electron chi connectivity index (χ3n) is 4.20. The highest BCUT2D eigenvalue weighted by molar-refractivity contribution is 7.17. The Morgan fingerprint density at radius 3 is 2.78 bits per heavy atom. The third kappa shape index (κ3) is 3.01. The Kier molecular flexibility index (Phi) is 4.22. The summed E-state index contributed by atoms with van der Waals surface area (Å²) in [6.45, 7) is 5.84. The summed E-state index contributed by atoms with van der Waals surface area (Å²) in [5.74, 6) is -0.0415. The molecular weight excluding hydrogens is 306 g/mol. The van der Waals surface area contributed by atoms with Crippen LogP contribution in [0.5, 0.6) is 0 Å². The quantitative estimate of drug-likeness (QED) is 0.795. The predicted molar refractivity (Wildman–Crippen MR) is 95.1 cm³/mol. The van der Waals surface area contributed by atoms with E-state index in [4.69, 9.17) is 0 Å². The number of carbonyl (C=O) groups excluding carboxylic acids is 1. The summed E-state index contributed by atoms with van der Waals surface area (Å²) < 4.78 is 3.04. The van der Waals surface area contributed by atoms with Crippen molar-refractivity contribution in [2.75, 3.05) is 0 Å². The van der Waals surface area contributed by atoms with Gasteiger partial charge in [0, 0.05) is 23.5 Å². The van der Waals surface area contributed by atoms with Crippen LogP contribution in [-0.4, -0.2) is 21.7 Å². The van der Waals surface area contributed by atoms with Crippen molar-refractivity contribution in [1.82, 2.24) is 15.1 Å². The lowest BCUT2D eigenvalue weighted by molar-refractivity contribution is 0.0939. The third-order valence-corrected chi connectivity index (χ3v) is 5.21. The molecule has 1 N–H and O–H groups in total. The van der Waals surface area contributed by atoms with Crippen LogP contribution in [0.25, 0.3) is 10.1 Å². The zero-order valence-electron chi connectivity index (χ0n) is 13.9. The number of thiophene rings is 1. The molecule has 1 amide bonds. The minimum atomic E-state index is -0.0415. The van der Waals surface area contributed by atoms with E-state index < -0.39 is 0 Å². The van der Waals surface area contributed by atoms with Crippen molar-refractivity contribution in [2.24, 2.45) is 7.05 Å². The van der Waals surface area contributed by atoms with E-state index in [0.29, 0.717) is 5.56 Å². The Balaban J connectivity index is 1.74. The van der Waals surface area contributed by atoms with E-state index in [-0.39, 0.29) is 11.9 Å². The van der Waals surface area contributed by atoms with Crippen LogP contribution in [0.2, 0.25) is 0 Å². The highest BCUT2D eigenvalue weighted by atomic mass is 32.1. The molecule has 2 heterocycles. The maximum atomic E-state index is 12.5. The molecule has 0 spiro atoms. The van der Waals surface area contributed by atoms with Crippen molar-refractivity contribution in [1.29, 1.82) is 0 Å². The van der Waals surface area contributed by atoms with Gasteiger partial charge in [0.05, 0.1) is 11.3 Å². The number of nitrogens with one attached hydrogen (secondary N) is 1. The van der Waals surface area contributed by atoms with E-state index in [1.54, 1.807) is 16.0 Å².